The highest BCUT2D eigenvalue weighted by Crippen LogP contribution is 2.37. The fourth-order valence-electron chi connectivity index (χ4n) is 2.59. The van der Waals surface area contributed by atoms with Gasteiger partial charge in [-0.25, -0.2) is 4.79 Å². The monoisotopic (exact) mass is 336 g/mol. The van der Waals surface area contributed by atoms with Crippen molar-refractivity contribution in [2.75, 3.05) is 0 Å². The van der Waals surface area contributed by atoms with Gasteiger partial charge < -0.3 is 4.84 Å². The highest BCUT2D eigenvalue weighted by molar-refractivity contribution is 7.10. The largest absolute Gasteiger partial charge is 0.334 e. The van der Waals surface area contributed by atoms with Crippen molar-refractivity contribution < 1.29 is 9.63 Å². The highest BCUT2D eigenvalue weighted by atomic mass is 32.1. The lowest BCUT2D eigenvalue weighted by Gasteiger charge is -2.16. The molecule has 2 aromatic rings. The minimum absolute atomic E-state index is 0.282. The smallest absolute Gasteiger partial charge is 0.316 e. The van der Waals surface area contributed by atoms with Gasteiger partial charge >= 0.3 is 5.97 Å². The number of nitrogens with zero attached hydrogens (tertiary/aromatic N) is 4. The Balaban J connectivity index is 2.29. The second-order valence-electron chi connectivity index (χ2n) is 5.52. The van der Waals surface area contributed by atoms with Crippen LogP contribution in [-0.2, 0) is 4.79 Å². The van der Waals surface area contributed by atoms with Crippen molar-refractivity contribution in [2.45, 2.75) is 65.2 Å². The van der Waals surface area contributed by atoms with Crippen molar-refractivity contribution in [1.29, 1.82) is 0 Å². The number of rotatable bonds is 9. The van der Waals surface area contributed by atoms with Crippen LogP contribution in [0.3, 0.4) is 0 Å². The van der Waals surface area contributed by atoms with Crippen LogP contribution < -0.4 is 4.84 Å². The van der Waals surface area contributed by atoms with Gasteiger partial charge in [-0.2, -0.15) is 0 Å². The van der Waals surface area contributed by atoms with Crippen LogP contribution in [0.5, 0.6) is 0 Å². The zero-order valence-electron chi connectivity index (χ0n) is 14.0. The molecule has 0 amide bonds. The number of carbonyl (C=O) groups is 1. The van der Waals surface area contributed by atoms with E-state index in [4.69, 9.17) is 4.84 Å². The maximum absolute atomic E-state index is 11.5. The normalized spacial score (nSPS) is 12.3. The minimum Gasteiger partial charge on any atom is -0.316 e. The summed E-state index contributed by atoms with van der Waals surface area (Å²) in [5, 5.41) is 13.6. The molecule has 1 unspecified atom stereocenters. The molecule has 0 N–H and O–H groups in total. The van der Waals surface area contributed by atoms with Crippen LogP contribution in [0.4, 0.5) is 0 Å². The van der Waals surface area contributed by atoms with Gasteiger partial charge in [0.25, 0.3) is 0 Å². The van der Waals surface area contributed by atoms with E-state index in [1.807, 2.05) is 6.07 Å². The number of tetrazole rings is 1. The van der Waals surface area contributed by atoms with Gasteiger partial charge in [-0.3, -0.25) is 0 Å². The quantitative estimate of drug-likeness (QED) is 0.651. The number of unbranched alkanes of at least 4 members (excludes halogenated alkanes) is 1. The maximum Gasteiger partial charge on any atom is 0.334 e. The Kier molecular flexibility index (Phi) is 6.70. The summed E-state index contributed by atoms with van der Waals surface area (Å²) < 4.78 is 0. The molecule has 0 bridgehead atoms. The average molecular weight is 336 g/mol. The standard InChI is InChI=1S/C16H24N4O2S/c1-4-7-9-12(8-5-2)15-13(10-11-23-15)16-17-18-19-20(16)22-14(21)6-3/h10-12H,4-9H2,1-3H3. The molecular weight excluding hydrogens is 312 g/mol. The van der Waals surface area contributed by atoms with E-state index in [2.05, 4.69) is 34.8 Å². The third kappa shape index (κ3) is 4.37. The minimum atomic E-state index is -0.355. The first-order valence-electron chi connectivity index (χ1n) is 8.28. The van der Waals surface area contributed by atoms with Crippen LogP contribution in [0.15, 0.2) is 11.4 Å². The molecule has 2 rings (SSSR count). The zero-order valence-corrected chi connectivity index (χ0v) is 14.8. The molecule has 2 heterocycles. The third-order valence-corrected chi connectivity index (χ3v) is 4.85. The Morgan fingerprint density at radius 3 is 2.83 bits per heavy atom. The summed E-state index contributed by atoms with van der Waals surface area (Å²) in [5.74, 6) is 0.647. The number of aromatic nitrogens is 4. The van der Waals surface area contributed by atoms with E-state index in [9.17, 15) is 4.79 Å². The van der Waals surface area contributed by atoms with Crippen molar-refractivity contribution in [3.63, 3.8) is 0 Å². The Hall–Kier alpha value is -1.76. The van der Waals surface area contributed by atoms with Crippen LogP contribution in [0.2, 0.25) is 0 Å². The number of thiophene rings is 1. The van der Waals surface area contributed by atoms with Crippen LogP contribution >= 0.6 is 11.3 Å². The van der Waals surface area contributed by atoms with Gasteiger partial charge in [-0.1, -0.05) is 40.0 Å². The van der Waals surface area contributed by atoms with E-state index in [0.29, 0.717) is 11.7 Å². The molecule has 0 fully saturated rings. The first-order chi connectivity index (χ1) is 11.2. The molecular formula is C16H24N4O2S. The molecule has 0 saturated heterocycles. The fraction of sp³-hybridized carbons (Fsp3) is 0.625. The average Bonchev–Trinajstić information content (AvgIpc) is 3.19. The first kappa shape index (κ1) is 17.6. The lowest BCUT2D eigenvalue weighted by atomic mass is 9.93. The van der Waals surface area contributed by atoms with E-state index in [1.54, 1.807) is 18.3 Å². The molecule has 7 heteroatoms. The molecule has 0 aliphatic carbocycles. The number of hydrogen-bond acceptors (Lipinski definition) is 6. The fourth-order valence-corrected chi connectivity index (χ4v) is 3.65. The van der Waals surface area contributed by atoms with Gasteiger partial charge in [0.1, 0.15) is 0 Å². The summed E-state index contributed by atoms with van der Waals surface area (Å²) in [6.07, 6.45) is 6.12. The summed E-state index contributed by atoms with van der Waals surface area (Å²) in [7, 11) is 0. The molecule has 2 aromatic heterocycles. The number of carbonyl (C=O) groups excluding carboxylic acids is 1. The lowest BCUT2D eigenvalue weighted by Crippen LogP contribution is -2.21. The summed E-state index contributed by atoms with van der Waals surface area (Å²) in [6, 6.07) is 2.01. The van der Waals surface area contributed by atoms with Gasteiger partial charge in [0.2, 0.25) is 5.82 Å². The van der Waals surface area contributed by atoms with Crippen molar-refractivity contribution in [3.05, 3.63) is 16.3 Å². The Bertz CT molecular complexity index is 623. The van der Waals surface area contributed by atoms with Gasteiger partial charge in [0.15, 0.2) is 0 Å². The summed E-state index contributed by atoms with van der Waals surface area (Å²) >= 11 is 1.73. The number of hydrogen-bond donors (Lipinski definition) is 0. The maximum atomic E-state index is 11.5. The SMILES string of the molecule is CCCCC(CCC)c1sccc1-c1nnnn1OC(=O)CC. The summed E-state index contributed by atoms with van der Waals surface area (Å²) in [5.41, 5.74) is 0.971. The molecule has 126 valence electrons. The molecule has 0 aliphatic rings. The molecule has 0 spiro atoms. The molecule has 0 aromatic carbocycles. The van der Waals surface area contributed by atoms with Crippen molar-refractivity contribution >= 4 is 17.3 Å². The Morgan fingerprint density at radius 2 is 2.13 bits per heavy atom. The topological polar surface area (TPSA) is 69.9 Å². The van der Waals surface area contributed by atoms with Gasteiger partial charge in [-0.15, -0.1) is 16.4 Å². The highest BCUT2D eigenvalue weighted by Gasteiger charge is 2.22. The van der Waals surface area contributed by atoms with Crippen LogP contribution in [0.1, 0.15) is 70.1 Å². The van der Waals surface area contributed by atoms with Crippen molar-refractivity contribution in [1.82, 2.24) is 20.4 Å². The Labute approximate surface area is 140 Å². The van der Waals surface area contributed by atoms with E-state index in [1.165, 1.54) is 17.7 Å². The second-order valence-corrected chi connectivity index (χ2v) is 6.47. The summed E-state index contributed by atoms with van der Waals surface area (Å²) in [4.78, 5) is 19.1. The van der Waals surface area contributed by atoms with E-state index < -0.39 is 0 Å². The lowest BCUT2D eigenvalue weighted by molar-refractivity contribution is -0.145. The van der Waals surface area contributed by atoms with Crippen LogP contribution in [0.25, 0.3) is 11.4 Å². The first-order valence-corrected chi connectivity index (χ1v) is 9.16. The third-order valence-electron chi connectivity index (χ3n) is 3.77. The van der Waals surface area contributed by atoms with Gasteiger partial charge in [0.05, 0.1) is 0 Å². The summed E-state index contributed by atoms with van der Waals surface area (Å²) in [6.45, 7) is 6.16. The molecule has 0 saturated carbocycles. The van der Waals surface area contributed by atoms with Gasteiger partial charge in [0, 0.05) is 16.9 Å². The second kappa shape index (κ2) is 8.76. The van der Waals surface area contributed by atoms with E-state index in [-0.39, 0.29) is 12.4 Å². The predicted octanol–water partition coefficient (Wildman–Crippen LogP) is 3.84. The molecule has 0 radical (unpaired) electrons. The van der Waals surface area contributed by atoms with Crippen LogP contribution in [0, 0.1) is 0 Å². The zero-order chi connectivity index (χ0) is 16.7. The van der Waals surface area contributed by atoms with E-state index >= 15 is 0 Å². The Morgan fingerprint density at radius 1 is 1.30 bits per heavy atom. The van der Waals surface area contributed by atoms with Crippen LogP contribution in [-0.4, -0.2) is 26.3 Å². The molecule has 6 nitrogen and oxygen atoms in total. The molecule has 0 aliphatic heterocycles. The molecule has 1 atom stereocenters. The van der Waals surface area contributed by atoms with Crippen molar-refractivity contribution in [3.8, 4) is 11.4 Å². The van der Waals surface area contributed by atoms with E-state index in [0.717, 1.165) is 29.7 Å². The predicted molar refractivity (Wildman–Crippen MR) is 90.2 cm³/mol. The molecule has 23 heavy (non-hydrogen) atoms. The van der Waals surface area contributed by atoms with Gasteiger partial charge in [-0.05, 0) is 45.5 Å². The van der Waals surface area contributed by atoms with Crippen molar-refractivity contribution in [2.24, 2.45) is 0 Å².